The fourth-order valence-corrected chi connectivity index (χ4v) is 14.6. The second-order valence-corrected chi connectivity index (χ2v) is 22.0. The van der Waals surface area contributed by atoms with Gasteiger partial charge >= 0.3 is 0 Å². The van der Waals surface area contributed by atoms with Gasteiger partial charge in [-0.05, 0) is 142 Å². The van der Waals surface area contributed by atoms with E-state index in [-0.39, 0.29) is 11.8 Å². The quantitative estimate of drug-likeness (QED) is 0.148. The highest BCUT2D eigenvalue weighted by atomic mass is 16.3. The molecule has 13 aromatic rings. The predicted octanol–water partition coefficient (Wildman–Crippen LogP) is 20.1. The maximum Gasteiger partial charge on any atom is 0.143 e. The summed E-state index contributed by atoms with van der Waals surface area (Å²) in [6.45, 7) is 0. The van der Waals surface area contributed by atoms with Crippen LogP contribution in [0.2, 0.25) is 0 Å². The summed E-state index contributed by atoms with van der Waals surface area (Å²) in [5.41, 5.74) is 30.0. The first-order valence-corrected chi connectivity index (χ1v) is 28.1. The van der Waals surface area contributed by atoms with Gasteiger partial charge in [0.15, 0.2) is 0 Å². The molecule has 2 unspecified atom stereocenters. The molecule has 79 heavy (non-hydrogen) atoms. The van der Waals surface area contributed by atoms with Crippen LogP contribution in [-0.4, -0.2) is 0 Å². The standard InChI is InChI=1S/C78H54O/c1-3-20-50(21-4-1)51-40-42-54(43-41-51)68(48-55-25-8-9-26-57(55)52-22-5-2-6-23-52)56-45-47-59-58-27-10-7-24-53(58)44-46-60(69(59)49-56)63-32-19-39-74-76(63)67-34-17-33-65(77(67)79-74)64-31-18-38-73-75(64)66-30-13-16-37-72(66)78(73)70-35-14-11-28-61(70)62-29-12-15-36-71(62)78/h1-43,45,47,49,60,68H,44,46,48H2. The van der Waals surface area contributed by atoms with Gasteiger partial charge in [0, 0.05) is 28.2 Å². The summed E-state index contributed by atoms with van der Waals surface area (Å²) in [6.07, 6.45) is 2.80. The highest BCUT2D eigenvalue weighted by Gasteiger charge is 2.52. The summed E-state index contributed by atoms with van der Waals surface area (Å²) < 4.78 is 7.30. The summed E-state index contributed by atoms with van der Waals surface area (Å²) in [5, 5.41) is 2.37. The van der Waals surface area contributed by atoms with E-state index in [0.29, 0.717) is 0 Å². The third-order valence-electron chi connectivity index (χ3n) is 18.1. The number of para-hydroxylation sites is 1. The van der Waals surface area contributed by atoms with Gasteiger partial charge in [0.25, 0.3) is 0 Å². The highest BCUT2D eigenvalue weighted by Crippen LogP contribution is 2.64. The largest absolute Gasteiger partial charge is 0.455 e. The molecule has 1 nitrogen and oxygen atoms in total. The Labute approximate surface area is 461 Å². The zero-order valence-corrected chi connectivity index (χ0v) is 43.7. The van der Waals surface area contributed by atoms with Gasteiger partial charge in [-0.3, -0.25) is 0 Å². The van der Waals surface area contributed by atoms with Gasteiger partial charge in [0.1, 0.15) is 11.2 Å². The maximum absolute atomic E-state index is 7.30. The number of benzene rings is 12. The normalized spacial score (nSPS) is 14.7. The Balaban J connectivity index is 0.869. The van der Waals surface area contributed by atoms with E-state index in [1.54, 1.807) is 0 Å². The van der Waals surface area contributed by atoms with Crippen molar-refractivity contribution >= 4 is 21.9 Å². The van der Waals surface area contributed by atoms with Crippen molar-refractivity contribution in [3.05, 3.63) is 335 Å². The number of hydrogen-bond acceptors (Lipinski definition) is 1. The Morgan fingerprint density at radius 3 is 1.70 bits per heavy atom. The van der Waals surface area contributed by atoms with Crippen LogP contribution in [0.3, 0.4) is 0 Å². The van der Waals surface area contributed by atoms with Crippen molar-refractivity contribution in [2.24, 2.45) is 0 Å². The van der Waals surface area contributed by atoms with Crippen LogP contribution < -0.4 is 0 Å². The van der Waals surface area contributed by atoms with E-state index in [1.165, 1.54) is 122 Å². The summed E-state index contributed by atoms with van der Waals surface area (Å²) in [6, 6.07) is 105. The van der Waals surface area contributed by atoms with Gasteiger partial charge in [-0.15, -0.1) is 0 Å². The average Bonchev–Trinajstić information content (AvgIpc) is 4.05. The average molecular weight is 1010 g/mol. The predicted molar refractivity (Wildman–Crippen MR) is 327 cm³/mol. The van der Waals surface area contributed by atoms with E-state index in [9.17, 15) is 0 Å². The Kier molecular flexibility index (Phi) is 10.6. The molecule has 0 saturated heterocycles. The van der Waals surface area contributed by atoms with Gasteiger partial charge in [-0.2, -0.15) is 0 Å². The number of furan rings is 1. The third kappa shape index (κ3) is 7.02. The molecular formula is C78H54O. The molecule has 2 atom stereocenters. The number of aryl methyl sites for hydroxylation is 1. The van der Waals surface area contributed by atoms with Crippen molar-refractivity contribution in [3.8, 4) is 66.8 Å². The van der Waals surface area contributed by atoms with Gasteiger partial charge in [0.2, 0.25) is 0 Å². The lowest BCUT2D eigenvalue weighted by molar-refractivity contribution is 0.668. The Hall–Kier alpha value is -9.56. The first kappa shape index (κ1) is 45.6. The Bertz CT molecular complexity index is 4470. The number of fused-ring (bicyclic) bond motifs is 16. The lowest BCUT2D eigenvalue weighted by Gasteiger charge is -2.30. The first-order valence-electron chi connectivity index (χ1n) is 28.1. The molecule has 372 valence electrons. The van der Waals surface area contributed by atoms with E-state index in [1.807, 2.05) is 0 Å². The van der Waals surface area contributed by atoms with Gasteiger partial charge in [-0.1, -0.05) is 273 Å². The molecular weight excluding hydrogens is 953 g/mol. The smallest absolute Gasteiger partial charge is 0.143 e. The summed E-state index contributed by atoms with van der Waals surface area (Å²) in [7, 11) is 0. The molecule has 0 fully saturated rings. The molecule has 3 aliphatic carbocycles. The lowest BCUT2D eigenvalue weighted by Crippen LogP contribution is -2.25. The van der Waals surface area contributed by atoms with Crippen molar-refractivity contribution in [2.75, 3.05) is 0 Å². The van der Waals surface area contributed by atoms with Crippen molar-refractivity contribution < 1.29 is 4.42 Å². The molecule has 16 rings (SSSR count). The first-order chi connectivity index (χ1) is 39.2. The molecule has 1 heterocycles. The van der Waals surface area contributed by atoms with Crippen LogP contribution in [0.25, 0.3) is 88.7 Å². The minimum atomic E-state index is -0.427. The second kappa shape index (κ2) is 18.3. The minimum Gasteiger partial charge on any atom is -0.455 e. The minimum absolute atomic E-state index is 0.0929. The second-order valence-electron chi connectivity index (χ2n) is 22.0. The van der Waals surface area contributed by atoms with Crippen molar-refractivity contribution in [1.82, 2.24) is 0 Å². The lowest BCUT2D eigenvalue weighted by atomic mass is 9.70. The Morgan fingerprint density at radius 1 is 0.380 bits per heavy atom. The molecule has 0 bridgehead atoms. The zero-order chi connectivity index (χ0) is 52.0. The third-order valence-corrected chi connectivity index (χ3v) is 18.1. The maximum atomic E-state index is 7.30. The zero-order valence-electron chi connectivity index (χ0n) is 43.7. The van der Waals surface area contributed by atoms with E-state index in [4.69, 9.17) is 4.42 Å². The molecule has 0 saturated carbocycles. The SMILES string of the molecule is c1ccc(-c2ccc(C(Cc3ccccc3-c3ccccc3)c3ccc4c(c3)C(c3cccc5oc6c(-c7cccc8c7-c7ccccc7C87c8ccccc8-c8ccccc87)cccc6c35)CCc3ccccc3-4)cc2)cc1. The van der Waals surface area contributed by atoms with Crippen LogP contribution in [0.1, 0.15) is 73.9 Å². The molecule has 1 spiro atoms. The van der Waals surface area contributed by atoms with Gasteiger partial charge in [0.05, 0.1) is 5.41 Å². The van der Waals surface area contributed by atoms with E-state index in [2.05, 4.69) is 279 Å². The number of hydrogen-bond donors (Lipinski definition) is 0. The molecule has 0 radical (unpaired) electrons. The summed E-state index contributed by atoms with van der Waals surface area (Å²) >= 11 is 0. The van der Waals surface area contributed by atoms with Gasteiger partial charge in [-0.25, -0.2) is 0 Å². The van der Waals surface area contributed by atoms with E-state index < -0.39 is 5.41 Å². The van der Waals surface area contributed by atoms with Crippen LogP contribution in [0, 0.1) is 0 Å². The molecule has 0 aliphatic heterocycles. The highest BCUT2D eigenvalue weighted by molar-refractivity contribution is 6.13. The summed E-state index contributed by atoms with van der Waals surface area (Å²) in [4.78, 5) is 0. The van der Waals surface area contributed by atoms with Crippen LogP contribution in [0.4, 0.5) is 0 Å². The topological polar surface area (TPSA) is 13.1 Å². The fourth-order valence-electron chi connectivity index (χ4n) is 14.6. The van der Waals surface area contributed by atoms with Crippen LogP contribution in [0.15, 0.2) is 283 Å². The molecule has 12 aromatic carbocycles. The van der Waals surface area contributed by atoms with E-state index >= 15 is 0 Å². The molecule has 1 heteroatoms. The van der Waals surface area contributed by atoms with Crippen LogP contribution in [0.5, 0.6) is 0 Å². The van der Waals surface area contributed by atoms with Crippen molar-refractivity contribution in [3.63, 3.8) is 0 Å². The summed E-state index contributed by atoms with van der Waals surface area (Å²) in [5.74, 6) is 0.193. The monoisotopic (exact) mass is 1010 g/mol. The van der Waals surface area contributed by atoms with Crippen LogP contribution in [-0.2, 0) is 18.3 Å². The number of rotatable bonds is 8. The molecule has 3 aliphatic rings. The van der Waals surface area contributed by atoms with Gasteiger partial charge < -0.3 is 4.42 Å². The molecule has 0 amide bonds. The fraction of sp³-hybridized carbons (Fsp3) is 0.0769. The molecule has 1 aromatic heterocycles. The Morgan fingerprint density at radius 2 is 0.937 bits per heavy atom. The van der Waals surface area contributed by atoms with Crippen molar-refractivity contribution in [2.45, 2.75) is 36.5 Å². The van der Waals surface area contributed by atoms with Crippen molar-refractivity contribution in [1.29, 1.82) is 0 Å². The molecule has 0 N–H and O–H groups in total. The van der Waals surface area contributed by atoms with Crippen LogP contribution >= 0.6 is 0 Å². The van der Waals surface area contributed by atoms with E-state index in [0.717, 1.165) is 41.4 Å².